The number of carboxylic acid groups (broad SMARTS) is 1. The molecule has 0 bridgehead atoms. The molecule has 0 aliphatic rings. The van der Waals surface area contributed by atoms with Crippen LogP contribution in [0.4, 0.5) is 5.69 Å². The first-order valence-corrected chi connectivity index (χ1v) is 8.66. The monoisotopic (exact) mass is 390 g/mol. The van der Waals surface area contributed by atoms with Crippen molar-refractivity contribution in [2.75, 3.05) is 13.2 Å². The Morgan fingerprint density at radius 3 is 2.54 bits per heavy atom. The summed E-state index contributed by atoms with van der Waals surface area (Å²) in [4.78, 5) is 33.0. The summed E-state index contributed by atoms with van der Waals surface area (Å²) in [6, 6.07) is 6.96. The molecule has 2 rings (SSSR count). The molecule has 1 amide bonds. The molecule has 1 heterocycles. The van der Waals surface area contributed by atoms with E-state index in [1.54, 1.807) is 38.1 Å². The number of aryl methyl sites for hydroxylation is 2. The van der Waals surface area contributed by atoms with E-state index in [1.807, 2.05) is 0 Å². The molecule has 0 spiro atoms. The second kappa shape index (κ2) is 9.49. The van der Waals surface area contributed by atoms with Crippen LogP contribution in [0.3, 0.4) is 0 Å². The molecule has 10 nitrogen and oxygen atoms in total. The Bertz CT molecular complexity index is 860. The summed E-state index contributed by atoms with van der Waals surface area (Å²) in [5.41, 5.74) is 1.72. The maximum absolute atomic E-state index is 12.0. The molecular weight excluding hydrogens is 368 g/mol. The number of carbonyl (C=O) groups excluding carboxylic acids is 1. The number of nitrogens with zero attached hydrogens (tertiary/aromatic N) is 3. The Labute approximate surface area is 161 Å². The van der Waals surface area contributed by atoms with Crippen molar-refractivity contribution in [2.24, 2.45) is 0 Å². The van der Waals surface area contributed by atoms with Gasteiger partial charge in [0, 0.05) is 13.0 Å². The van der Waals surface area contributed by atoms with Crippen molar-refractivity contribution in [3.05, 3.63) is 51.3 Å². The largest absolute Gasteiger partial charge is 0.482 e. The number of rotatable bonds is 10. The zero-order valence-corrected chi connectivity index (χ0v) is 15.7. The van der Waals surface area contributed by atoms with E-state index < -0.39 is 17.5 Å². The lowest BCUT2D eigenvalue weighted by Crippen LogP contribution is -2.26. The maximum Gasteiger partial charge on any atom is 0.341 e. The molecular formula is C18H22N4O6. The number of benzene rings is 1. The van der Waals surface area contributed by atoms with Crippen molar-refractivity contribution in [1.82, 2.24) is 15.1 Å². The van der Waals surface area contributed by atoms with Crippen molar-refractivity contribution in [1.29, 1.82) is 0 Å². The Morgan fingerprint density at radius 2 is 1.96 bits per heavy atom. The number of carbonyl (C=O) groups is 2. The van der Waals surface area contributed by atoms with E-state index in [0.29, 0.717) is 30.1 Å². The van der Waals surface area contributed by atoms with Gasteiger partial charge in [-0.2, -0.15) is 5.10 Å². The van der Waals surface area contributed by atoms with Crippen LogP contribution in [0.5, 0.6) is 5.75 Å². The van der Waals surface area contributed by atoms with Crippen LogP contribution in [0.1, 0.15) is 23.4 Å². The molecule has 2 N–H and O–H groups in total. The minimum Gasteiger partial charge on any atom is -0.482 e. The Kier molecular flexibility index (Phi) is 7.08. The molecule has 0 aliphatic carbocycles. The molecule has 0 saturated heterocycles. The van der Waals surface area contributed by atoms with E-state index in [0.717, 1.165) is 5.56 Å². The average Bonchev–Trinajstić information content (AvgIpc) is 2.92. The lowest BCUT2D eigenvalue weighted by atomic mass is 10.1. The van der Waals surface area contributed by atoms with Gasteiger partial charge >= 0.3 is 11.7 Å². The van der Waals surface area contributed by atoms with Gasteiger partial charge in [-0.1, -0.05) is 12.1 Å². The van der Waals surface area contributed by atoms with E-state index in [9.17, 15) is 19.7 Å². The number of ether oxygens (including phenoxy) is 1. The highest BCUT2D eigenvalue weighted by Crippen LogP contribution is 2.21. The number of nitrogens with one attached hydrogen (secondary N) is 1. The molecule has 0 aliphatic heterocycles. The quantitative estimate of drug-likeness (QED) is 0.464. The lowest BCUT2D eigenvalue weighted by Gasteiger charge is -2.07. The molecule has 2 aromatic rings. The van der Waals surface area contributed by atoms with Gasteiger partial charge in [-0.05, 0) is 38.0 Å². The molecule has 1 aromatic heterocycles. The van der Waals surface area contributed by atoms with Gasteiger partial charge in [-0.25, -0.2) is 4.79 Å². The molecule has 0 radical (unpaired) electrons. The van der Waals surface area contributed by atoms with Gasteiger partial charge < -0.3 is 15.2 Å². The van der Waals surface area contributed by atoms with Crippen LogP contribution in [-0.4, -0.2) is 44.8 Å². The van der Waals surface area contributed by atoms with Gasteiger partial charge in [-0.15, -0.1) is 0 Å². The standard InChI is InChI=1S/C18H22N4O6/c1-12-18(22(26)27)13(2)21(20-12)10-8-16(23)19-9-7-14-3-5-15(6-4-14)28-11-17(24)25/h3-6H,7-11H2,1-2H3,(H,19,23)(H,24,25). The molecule has 150 valence electrons. The summed E-state index contributed by atoms with van der Waals surface area (Å²) in [6.45, 7) is 3.49. The Balaban J connectivity index is 1.75. The van der Waals surface area contributed by atoms with Gasteiger partial charge in [0.05, 0.1) is 11.5 Å². The highest BCUT2D eigenvalue weighted by atomic mass is 16.6. The Hall–Kier alpha value is -3.43. The third-order valence-electron chi connectivity index (χ3n) is 4.10. The van der Waals surface area contributed by atoms with Crippen LogP contribution in [0.2, 0.25) is 0 Å². The van der Waals surface area contributed by atoms with Crippen LogP contribution in [0.15, 0.2) is 24.3 Å². The summed E-state index contributed by atoms with van der Waals surface area (Å²) in [7, 11) is 0. The van der Waals surface area contributed by atoms with E-state index in [4.69, 9.17) is 9.84 Å². The first-order chi connectivity index (χ1) is 13.3. The molecule has 0 unspecified atom stereocenters. The number of hydrogen-bond acceptors (Lipinski definition) is 6. The molecule has 10 heteroatoms. The third kappa shape index (κ3) is 5.79. The predicted molar refractivity (Wildman–Crippen MR) is 99.3 cm³/mol. The van der Waals surface area contributed by atoms with Gasteiger partial charge in [0.1, 0.15) is 17.1 Å². The van der Waals surface area contributed by atoms with Crippen LogP contribution in [-0.2, 0) is 22.6 Å². The van der Waals surface area contributed by atoms with Gasteiger partial charge in [-0.3, -0.25) is 19.6 Å². The fourth-order valence-corrected chi connectivity index (χ4v) is 2.71. The SMILES string of the molecule is Cc1nn(CCC(=O)NCCc2ccc(OCC(=O)O)cc2)c(C)c1[N+](=O)[O-]. The number of aliphatic carboxylic acids is 1. The number of nitro groups is 1. The minimum absolute atomic E-state index is 0.0174. The number of aromatic nitrogens is 2. The van der Waals surface area contributed by atoms with Crippen LogP contribution in [0.25, 0.3) is 0 Å². The summed E-state index contributed by atoms with van der Waals surface area (Å²) in [5, 5.41) is 26.5. The van der Waals surface area contributed by atoms with E-state index in [1.165, 1.54) is 4.68 Å². The van der Waals surface area contributed by atoms with Crippen LogP contribution < -0.4 is 10.1 Å². The summed E-state index contributed by atoms with van der Waals surface area (Å²) in [5.74, 6) is -0.743. The average molecular weight is 390 g/mol. The van der Waals surface area contributed by atoms with Crippen molar-refractivity contribution >= 4 is 17.6 Å². The molecule has 0 saturated carbocycles. The topological polar surface area (TPSA) is 137 Å². The van der Waals surface area contributed by atoms with Gasteiger partial charge in [0.15, 0.2) is 6.61 Å². The maximum atomic E-state index is 12.0. The van der Waals surface area contributed by atoms with Crippen LogP contribution in [0, 0.1) is 24.0 Å². The zero-order chi connectivity index (χ0) is 20.7. The van der Waals surface area contributed by atoms with Crippen molar-refractivity contribution in [3.63, 3.8) is 0 Å². The fraction of sp³-hybridized carbons (Fsp3) is 0.389. The number of hydrogen-bond donors (Lipinski definition) is 2. The second-order valence-corrected chi connectivity index (χ2v) is 6.18. The van der Waals surface area contributed by atoms with E-state index in [2.05, 4.69) is 10.4 Å². The second-order valence-electron chi connectivity index (χ2n) is 6.18. The number of amides is 1. The molecule has 28 heavy (non-hydrogen) atoms. The first-order valence-electron chi connectivity index (χ1n) is 8.66. The zero-order valence-electron chi connectivity index (χ0n) is 15.7. The van der Waals surface area contributed by atoms with Crippen LogP contribution >= 0.6 is 0 Å². The van der Waals surface area contributed by atoms with Crippen molar-refractivity contribution in [3.8, 4) is 5.75 Å². The minimum atomic E-state index is -1.04. The highest BCUT2D eigenvalue weighted by Gasteiger charge is 2.21. The Morgan fingerprint density at radius 1 is 1.29 bits per heavy atom. The third-order valence-corrected chi connectivity index (χ3v) is 4.10. The smallest absolute Gasteiger partial charge is 0.341 e. The fourth-order valence-electron chi connectivity index (χ4n) is 2.71. The first kappa shape index (κ1) is 20.9. The summed E-state index contributed by atoms with van der Waals surface area (Å²) >= 11 is 0. The highest BCUT2D eigenvalue weighted by molar-refractivity contribution is 5.75. The summed E-state index contributed by atoms with van der Waals surface area (Å²) < 4.78 is 6.53. The predicted octanol–water partition coefficient (Wildman–Crippen LogP) is 1.62. The lowest BCUT2D eigenvalue weighted by molar-refractivity contribution is -0.386. The van der Waals surface area contributed by atoms with Crippen molar-refractivity contribution < 1.29 is 24.4 Å². The summed E-state index contributed by atoms with van der Waals surface area (Å²) in [6.07, 6.45) is 0.775. The normalized spacial score (nSPS) is 10.5. The molecule has 1 aromatic carbocycles. The van der Waals surface area contributed by atoms with Crippen molar-refractivity contribution in [2.45, 2.75) is 33.2 Å². The number of carboxylic acids is 1. The van der Waals surface area contributed by atoms with E-state index >= 15 is 0 Å². The molecule has 0 atom stereocenters. The molecule has 0 fully saturated rings. The van der Waals surface area contributed by atoms with E-state index in [-0.39, 0.29) is 24.6 Å². The van der Waals surface area contributed by atoms with Gasteiger partial charge in [0.2, 0.25) is 5.91 Å². The van der Waals surface area contributed by atoms with Gasteiger partial charge in [0.25, 0.3) is 0 Å².